The minimum absolute atomic E-state index is 0.552. The van der Waals surface area contributed by atoms with Crippen molar-refractivity contribution < 1.29 is 9.47 Å². The quantitative estimate of drug-likeness (QED) is 0.741. The minimum Gasteiger partial charge on any atom is -0.497 e. The van der Waals surface area contributed by atoms with Gasteiger partial charge in [0.05, 0.1) is 13.7 Å². The molecule has 0 radical (unpaired) electrons. The highest BCUT2D eigenvalue weighted by Crippen LogP contribution is 2.18. The van der Waals surface area contributed by atoms with E-state index in [1.54, 1.807) is 7.11 Å². The van der Waals surface area contributed by atoms with Crippen molar-refractivity contribution in [3.05, 3.63) is 24.3 Å². The average Bonchev–Trinajstić information content (AvgIpc) is 2.43. The van der Waals surface area contributed by atoms with Gasteiger partial charge in [-0.25, -0.2) is 0 Å². The Labute approximate surface area is 117 Å². The van der Waals surface area contributed by atoms with Gasteiger partial charge in [0.1, 0.15) is 11.5 Å². The number of nitrogens with one attached hydrogen (secondary N) is 1. The summed E-state index contributed by atoms with van der Waals surface area (Å²) in [5, 5.41) is 3.49. The fraction of sp³-hybridized carbons (Fsp3) is 0.625. The zero-order chi connectivity index (χ0) is 14.1. The Morgan fingerprint density at radius 2 is 1.74 bits per heavy atom. The molecule has 108 valence electrons. The van der Waals surface area contributed by atoms with E-state index in [2.05, 4.69) is 26.1 Å². The molecule has 1 N–H and O–H groups in total. The van der Waals surface area contributed by atoms with Crippen molar-refractivity contribution in [1.29, 1.82) is 0 Å². The van der Waals surface area contributed by atoms with Gasteiger partial charge in [-0.05, 0) is 43.1 Å². The van der Waals surface area contributed by atoms with Gasteiger partial charge in [0.2, 0.25) is 0 Å². The van der Waals surface area contributed by atoms with E-state index < -0.39 is 0 Å². The molecule has 0 fully saturated rings. The van der Waals surface area contributed by atoms with Gasteiger partial charge in [0.15, 0.2) is 0 Å². The van der Waals surface area contributed by atoms with Gasteiger partial charge in [-0.3, -0.25) is 0 Å². The lowest BCUT2D eigenvalue weighted by atomic mass is 10.0. The van der Waals surface area contributed by atoms with Crippen molar-refractivity contribution in [3.63, 3.8) is 0 Å². The Hall–Kier alpha value is -1.22. The van der Waals surface area contributed by atoms with Crippen molar-refractivity contribution in [2.75, 3.05) is 20.3 Å². The molecule has 0 bridgehead atoms. The molecule has 0 heterocycles. The summed E-state index contributed by atoms with van der Waals surface area (Å²) in [6, 6.07) is 8.30. The summed E-state index contributed by atoms with van der Waals surface area (Å²) in [4.78, 5) is 0. The number of methoxy groups -OCH3 is 1. The third kappa shape index (κ3) is 6.48. The molecular formula is C16H27NO2. The first-order chi connectivity index (χ1) is 9.15. The first-order valence-electron chi connectivity index (χ1n) is 7.16. The molecule has 0 aliphatic heterocycles. The first-order valence-corrected chi connectivity index (χ1v) is 7.16. The molecule has 3 nitrogen and oxygen atoms in total. The van der Waals surface area contributed by atoms with Crippen LogP contribution >= 0.6 is 0 Å². The van der Waals surface area contributed by atoms with E-state index in [0.717, 1.165) is 31.1 Å². The molecule has 19 heavy (non-hydrogen) atoms. The van der Waals surface area contributed by atoms with Gasteiger partial charge in [0, 0.05) is 6.04 Å². The highest BCUT2D eigenvalue weighted by molar-refractivity contribution is 5.31. The third-order valence-corrected chi connectivity index (χ3v) is 3.25. The van der Waals surface area contributed by atoms with Crippen molar-refractivity contribution in [3.8, 4) is 11.5 Å². The predicted molar refractivity (Wildman–Crippen MR) is 80.0 cm³/mol. The molecule has 1 unspecified atom stereocenters. The maximum absolute atomic E-state index is 5.76. The average molecular weight is 265 g/mol. The van der Waals surface area contributed by atoms with Gasteiger partial charge in [-0.2, -0.15) is 0 Å². The fourth-order valence-corrected chi connectivity index (χ4v) is 1.87. The lowest BCUT2D eigenvalue weighted by molar-refractivity contribution is 0.268. The zero-order valence-corrected chi connectivity index (χ0v) is 12.6. The number of rotatable bonds is 9. The monoisotopic (exact) mass is 265 g/mol. The Morgan fingerprint density at radius 3 is 2.26 bits per heavy atom. The van der Waals surface area contributed by atoms with Gasteiger partial charge in [0.25, 0.3) is 0 Å². The second kappa shape index (κ2) is 8.81. The van der Waals surface area contributed by atoms with Gasteiger partial charge in [-0.15, -0.1) is 0 Å². The summed E-state index contributed by atoms with van der Waals surface area (Å²) < 4.78 is 10.9. The first kappa shape index (κ1) is 15.8. The number of hydrogen-bond acceptors (Lipinski definition) is 3. The Balaban J connectivity index is 2.27. The molecule has 0 amide bonds. The SMILES string of the molecule is CCC(CCOc1ccc(OC)cc1)CNC(C)C. The van der Waals surface area contributed by atoms with Gasteiger partial charge in [-0.1, -0.05) is 27.2 Å². The summed E-state index contributed by atoms with van der Waals surface area (Å²) in [7, 11) is 1.67. The molecule has 0 spiro atoms. The summed E-state index contributed by atoms with van der Waals surface area (Å²) in [6.07, 6.45) is 2.27. The van der Waals surface area contributed by atoms with Crippen LogP contribution in [0.1, 0.15) is 33.6 Å². The molecule has 1 aromatic carbocycles. The Morgan fingerprint density at radius 1 is 1.11 bits per heavy atom. The Kier molecular flexibility index (Phi) is 7.34. The van der Waals surface area contributed by atoms with Crippen LogP contribution in [0.3, 0.4) is 0 Å². The van der Waals surface area contributed by atoms with Gasteiger partial charge >= 0.3 is 0 Å². The lowest BCUT2D eigenvalue weighted by Crippen LogP contribution is -2.29. The van der Waals surface area contributed by atoms with E-state index >= 15 is 0 Å². The molecule has 0 saturated heterocycles. The van der Waals surface area contributed by atoms with E-state index in [4.69, 9.17) is 9.47 Å². The molecule has 1 rings (SSSR count). The highest BCUT2D eigenvalue weighted by atomic mass is 16.5. The van der Waals surface area contributed by atoms with Crippen LogP contribution in [0.5, 0.6) is 11.5 Å². The second-order valence-corrected chi connectivity index (χ2v) is 5.15. The van der Waals surface area contributed by atoms with Crippen LogP contribution < -0.4 is 14.8 Å². The van der Waals surface area contributed by atoms with E-state index in [-0.39, 0.29) is 0 Å². The van der Waals surface area contributed by atoms with Crippen LogP contribution in [-0.4, -0.2) is 26.3 Å². The predicted octanol–water partition coefficient (Wildman–Crippen LogP) is 3.49. The van der Waals surface area contributed by atoms with Crippen molar-refractivity contribution in [2.24, 2.45) is 5.92 Å². The third-order valence-electron chi connectivity index (χ3n) is 3.25. The van der Waals surface area contributed by atoms with E-state index in [0.29, 0.717) is 12.0 Å². The van der Waals surface area contributed by atoms with Crippen LogP contribution in [0, 0.1) is 5.92 Å². The zero-order valence-electron chi connectivity index (χ0n) is 12.6. The normalized spacial score (nSPS) is 12.5. The molecule has 3 heteroatoms. The standard InChI is InChI=1S/C16H27NO2/c1-5-14(12-17-13(2)3)10-11-19-16-8-6-15(18-4)7-9-16/h6-9,13-14,17H,5,10-12H2,1-4H3. The van der Waals surface area contributed by atoms with Crippen LogP contribution in [-0.2, 0) is 0 Å². The van der Waals surface area contributed by atoms with Gasteiger partial charge < -0.3 is 14.8 Å². The van der Waals surface area contributed by atoms with E-state index in [1.165, 1.54) is 6.42 Å². The highest BCUT2D eigenvalue weighted by Gasteiger charge is 2.07. The summed E-state index contributed by atoms with van der Waals surface area (Å²) in [6.45, 7) is 8.44. The molecule has 1 atom stereocenters. The van der Waals surface area contributed by atoms with E-state index in [9.17, 15) is 0 Å². The Bertz CT molecular complexity index is 335. The largest absolute Gasteiger partial charge is 0.497 e. The lowest BCUT2D eigenvalue weighted by Gasteiger charge is -2.17. The number of hydrogen-bond donors (Lipinski definition) is 1. The van der Waals surface area contributed by atoms with Crippen LogP contribution in [0.2, 0.25) is 0 Å². The molecule has 0 saturated carbocycles. The molecule has 0 aromatic heterocycles. The van der Waals surface area contributed by atoms with Crippen molar-refractivity contribution in [1.82, 2.24) is 5.32 Å². The topological polar surface area (TPSA) is 30.5 Å². The van der Waals surface area contributed by atoms with Crippen molar-refractivity contribution in [2.45, 2.75) is 39.7 Å². The maximum Gasteiger partial charge on any atom is 0.119 e. The smallest absolute Gasteiger partial charge is 0.119 e. The van der Waals surface area contributed by atoms with Crippen LogP contribution in [0.25, 0.3) is 0 Å². The number of benzene rings is 1. The number of ether oxygens (including phenoxy) is 2. The summed E-state index contributed by atoms with van der Waals surface area (Å²) in [5.41, 5.74) is 0. The molecule has 0 aliphatic carbocycles. The fourth-order valence-electron chi connectivity index (χ4n) is 1.87. The summed E-state index contributed by atoms with van der Waals surface area (Å²) >= 11 is 0. The molecule has 1 aromatic rings. The van der Waals surface area contributed by atoms with Crippen molar-refractivity contribution >= 4 is 0 Å². The second-order valence-electron chi connectivity index (χ2n) is 5.15. The molecule has 0 aliphatic rings. The van der Waals surface area contributed by atoms with Crippen LogP contribution in [0.4, 0.5) is 0 Å². The maximum atomic E-state index is 5.76. The van der Waals surface area contributed by atoms with E-state index in [1.807, 2.05) is 24.3 Å². The molecular weight excluding hydrogens is 238 g/mol. The summed E-state index contributed by atoms with van der Waals surface area (Å²) in [5.74, 6) is 2.45. The van der Waals surface area contributed by atoms with Crippen LogP contribution in [0.15, 0.2) is 24.3 Å². The minimum atomic E-state index is 0.552.